The summed E-state index contributed by atoms with van der Waals surface area (Å²) in [5.74, 6) is 0.738. The number of amides is 2. The van der Waals surface area contributed by atoms with Crippen LogP contribution in [0.4, 0.5) is 0 Å². The minimum absolute atomic E-state index is 0.00358. The van der Waals surface area contributed by atoms with Gasteiger partial charge in [0.2, 0.25) is 0 Å². The van der Waals surface area contributed by atoms with Crippen molar-refractivity contribution in [2.24, 2.45) is 0 Å². The van der Waals surface area contributed by atoms with Crippen LogP contribution in [0.1, 0.15) is 40.9 Å². The Labute approximate surface area is 202 Å². The number of carbonyl (C=O) groups excluding carboxylic acids is 3. The van der Waals surface area contributed by atoms with E-state index in [1.807, 2.05) is 35.7 Å². The molecule has 1 saturated carbocycles. The summed E-state index contributed by atoms with van der Waals surface area (Å²) >= 11 is 1.42. The molecule has 2 amide bonds. The maximum Gasteiger partial charge on any atom is 0.317 e. The molecule has 1 saturated heterocycles. The topological polar surface area (TPSA) is 85.4 Å². The maximum absolute atomic E-state index is 13.3. The Morgan fingerprint density at radius 3 is 2.35 bits per heavy atom. The van der Waals surface area contributed by atoms with E-state index in [1.165, 1.54) is 11.3 Å². The van der Waals surface area contributed by atoms with Gasteiger partial charge in [-0.3, -0.25) is 14.4 Å². The number of nitrogens with zero attached hydrogens (tertiary/aromatic N) is 2. The van der Waals surface area contributed by atoms with Crippen molar-refractivity contribution in [3.63, 3.8) is 0 Å². The van der Waals surface area contributed by atoms with Crippen LogP contribution in [0.2, 0.25) is 0 Å². The number of benzene rings is 1. The third-order valence-electron chi connectivity index (χ3n) is 6.92. The van der Waals surface area contributed by atoms with E-state index in [4.69, 9.17) is 14.2 Å². The van der Waals surface area contributed by atoms with E-state index in [1.54, 1.807) is 9.80 Å². The third-order valence-corrected chi connectivity index (χ3v) is 7.78. The summed E-state index contributed by atoms with van der Waals surface area (Å²) in [6.45, 7) is 2.51. The summed E-state index contributed by atoms with van der Waals surface area (Å²) in [4.78, 5) is 42.7. The average molecular weight is 485 g/mol. The molecular formula is C25H28N2O6S. The third kappa shape index (κ3) is 4.36. The van der Waals surface area contributed by atoms with Gasteiger partial charge in [0.1, 0.15) is 13.2 Å². The number of esters is 1. The zero-order valence-electron chi connectivity index (χ0n) is 19.0. The Morgan fingerprint density at radius 2 is 1.65 bits per heavy atom. The molecule has 5 rings (SSSR count). The first-order valence-corrected chi connectivity index (χ1v) is 12.6. The van der Waals surface area contributed by atoms with Crippen LogP contribution in [0.5, 0.6) is 11.5 Å². The van der Waals surface area contributed by atoms with Gasteiger partial charge >= 0.3 is 5.97 Å². The molecule has 8 nitrogen and oxygen atoms in total. The zero-order chi connectivity index (χ0) is 23.5. The van der Waals surface area contributed by atoms with E-state index in [0.29, 0.717) is 68.6 Å². The Hall–Kier alpha value is -3.07. The van der Waals surface area contributed by atoms with Crippen LogP contribution in [-0.2, 0) is 19.7 Å². The molecule has 0 bridgehead atoms. The molecule has 0 unspecified atom stereocenters. The molecule has 9 heteroatoms. The van der Waals surface area contributed by atoms with E-state index in [2.05, 4.69) is 0 Å². The Kier molecular flexibility index (Phi) is 6.45. The van der Waals surface area contributed by atoms with Crippen molar-refractivity contribution < 1.29 is 28.6 Å². The molecule has 0 spiro atoms. The number of hydrogen-bond donors (Lipinski definition) is 0. The van der Waals surface area contributed by atoms with Crippen molar-refractivity contribution in [3.05, 3.63) is 46.2 Å². The van der Waals surface area contributed by atoms with Gasteiger partial charge in [0, 0.05) is 26.2 Å². The lowest BCUT2D eigenvalue weighted by Crippen LogP contribution is -2.51. The number of rotatable bonds is 5. The van der Waals surface area contributed by atoms with Crippen molar-refractivity contribution in [3.8, 4) is 11.5 Å². The molecular weight excluding hydrogens is 456 g/mol. The predicted molar refractivity (Wildman–Crippen MR) is 125 cm³/mol. The number of fused-ring (bicyclic) bond motifs is 1. The molecule has 1 aromatic carbocycles. The van der Waals surface area contributed by atoms with Crippen LogP contribution in [0.3, 0.4) is 0 Å². The lowest BCUT2D eigenvalue weighted by atomic mass is 9.78. The number of piperazine rings is 1. The lowest BCUT2D eigenvalue weighted by molar-refractivity contribution is -0.157. The standard InChI is InChI=1S/C25H28N2O6S/c28-22(26-9-11-27(12-10-26)23(29)21-4-3-15-34-21)17-33-24(30)25(7-1-2-8-25)18-5-6-19-20(16-18)32-14-13-31-19/h3-6,15-16H,1-2,7-14,17H2. The SMILES string of the molecule is O=C(COC(=O)C1(c2ccc3c(c2)OCCO3)CCCC1)N1CCN(C(=O)c2cccs2)CC1. The van der Waals surface area contributed by atoms with E-state index >= 15 is 0 Å². The highest BCUT2D eigenvalue weighted by Gasteiger charge is 2.45. The summed E-state index contributed by atoms with van der Waals surface area (Å²) in [6.07, 6.45) is 3.22. The lowest BCUT2D eigenvalue weighted by Gasteiger charge is -2.35. The molecule has 0 atom stereocenters. The molecule has 34 heavy (non-hydrogen) atoms. The van der Waals surface area contributed by atoms with Gasteiger partial charge in [0.15, 0.2) is 18.1 Å². The van der Waals surface area contributed by atoms with Gasteiger partial charge < -0.3 is 24.0 Å². The predicted octanol–water partition coefficient (Wildman–Crippen LogP) is 2.86. The number of hydrogen-bond acceptors (Lipinski definition) is 7. The molecule has 180 valence electrons. The quantitative estimate of drug-likeness (QED) is 0.607. The minimum Gasteiger partial charge on any atom is -0.486 e. The smallest absolute Gasteiger partial charge is 0.317 e. The van der Waals surface area contributed by atoms with E-state index < -0.39 is 5.41 Å². The highest BCUT2D eigenvalue weighted by molar-refractivity contribution is 7.12. The monoisotopic (exact) mass is 484 g/mol. The van der Waals surface area contributed by atoms with Gasteiger partial charge in [-0.05, 0) is 42.0 Å². The van der Waals surface area contributed by atoms with Gasteiger partial charge in [-0.2, -0.15) is 0 Å². The largest absolute Gasteiger partial charge is 0.486 e. The van der Waals surface area contributed by atoms with Gasteiger partial charge in [-0.25, -0.2) is 0 Å². The second-order valence-corrected chi connectivity index (χ2v) is 9.82. The highest BCUT2D eigenvalue weighted by atomic mass is 32.1. The molecule has 1 aliphatic carbocycles. The minimum atomic E-state index is -0.762. The van der Waals surface area contributed by atoms with Crippen molar-refractivity contribution >= 4 is 29.1 Å². The Bertz CT molecular complexity index is 1060. The van der Waals surface area contributed by atoms with Crippen LogP contribution in [0.15, 0.2) is 35.7 Å². The average Bonchev–Trinajstić information content (AvgIpc) is 3.60. The number of thiophene rings is 1. The Morgan fingerprint density at radius 1 is 0.941 bits per heavy atom. The van der Waals surface area contributed by atoms with Crippen LogP contribution in [0, 0.1) is 0 Å². The van der Waals surface area contributed by atoms with Gasteiger partial charge in [-0.15, -0.1) is 11.3 Å². The summed E-state index contributed by atoms with van der Waals surface area (Å²) in [6, 6.07) is 9.30. The molecule has 3 aliphatic rings. The molecule has 2 aromatic rings. The first-order valence-electron chi connectivity index (χ1n) is 11.7. The van der Waals surface area contributed by atoms with Gasteiger partial charge in [0.05, 0.1) is 10.3 Å². The molecule has 1 aromatic heterocycles. The van der Waals surface area contributed by atoms with Crippen LogP contribution in [0.25, 0.3) is 0 Å². The summed E-state index contributed by atoms with van der Waals surface area (Å²) in [7, 11) is 0. The second-order valence-electron chi connectivity index (χ2n) is 8.87. The van der Waals surface area contributed by atoms with Crippen LogP contribution >= 0.6 is 11.3 Å². The fraction of sp³-hybridized carbons (Fsp3) is 0.480. The molecule has 2 aliphatic heterocycles. The van der Waals surface area contributed by atoms with Crippen molar-refractivity contribution in [1.82, 2.24) is 9.80 Å². The van der Waals surface area contributed by atoms with E-state index in [9.17, 15) is 14.4 Å². The summed E-state index contributed by atoms with van der Waals surface area (Å²) < 4.78 is 16.9. The highest BCUT2D eigenvalue weighted by Crippen LogP contribution is 2.45. The second kappa shape index (κ2) is 9.66. The van der Waals surface area contributed by atoms with Gasteiger partial charge in [0.25, 0.3) is 11.8 Å². The first kappa shape index (κ1) is 22.7. The summed E-state index contributed by atoms with van der Waals surface area (Å²) in [5.41, 5.74) is 0.0921. The van der Waals surface area contributed by atoms with E-state index in [0.717, 1.165) is 18.4 Å². The summed E-state index contributed by atoms with van der Waals surface area (Å²) in [5, 5.41) is 1.88. The van der Waals surface area contributed by atoms with Crippen LogP contribution < -0.4 is 9.47 Å². The fourth-order valence-corrected chi connectivity index (χ4v) is 5.69. The van der Waals surface area contributed by atoms with Crippen molar-refractivity contribution in [2.75, 3.05) is 46.0 Å². The van der Waals surface area contributed by atoms with Crippen molar-refractivity contribution in [1.29, 1.82) is 0 Å². The molecule has 2 fully saturated rings. The number of carbonyl (C=O) groups is 3. The zero-order valence-corrected chi connectivity index (χ0v) is 19.8. The normalized spacial score (nSPS) is 19.1. The van der Waals surface area contributed by atoms with Crippen LogP contribution in [-0.4, -0.2) is 73.6 Å². The number of ether oxygens (including phenoxy) is 3. The fourth-order valence-electron chi connectivity index (χ4n) is 5.00. The van der Waals surface area contributed by atoms with E-state index in [-0.39, 0.29) is 24.4 Å². The molecule has 0 radical (unpaired) electrons. The molecule has 3 heterocycles. The maximum atomic E-state index is 13.3. The first-order chi connectivity index (χ1) is 16.6. The van der Waals surface area contributed by atoms with Gasteiger partial charge in [-0.1, -0.05) is 25.0 Å². The van der Waals surface area contributed by atoms with Crippen molar-refractivity contribution in [2.45, 2.75) is 31.1 Å². The molecule has 0 N–H and O–H groups in total. The Balaban J connectivity index is 1.19.